The molecule has 0 spiro atoms. The Hall–Kier alpha value is -1.10. The standard InChI is InChI=1S/C13H24N2O3/c14-7-5-3-1-2-4-6-8-15-10-11(13(17)18)9-12(15)16/h11H,1-10,14H2,(H,17,18). The predicted molar refractivity (Wildman–Crippen MR) is 69.1 cm³/mol. The Morgan fingerprint density at radius 3 is 2.39 bits per heavy atom. The van der Waals surface area contributed by atoms with Crippen molar-refractivity contribution in [2.45, 2.75) is 44.9 Å². The first-order valence-electron chi connectivity index (χ1n) is 6.85. The Balaban J connectivity index is 2.06. The van der Waals surface area contributed by atoms with E-state index in [1.54, 1.807) is 4.90 Å². The fourth-order valence-electron chi connectivity index (χ4n) is 2.31. The molecule has 3 N–H and O–H groups in total. The first-order chi connectivity index (χ1) is 8.65. The molecule has 1 unspecified atom stereocenters. The van der Waals surface area contributed by atoms with E-state index in [9.17, 15) is 9.59 Å². The third-order valence-corrected chi connectivity index (χ3v) is 3.45. The van der Waals surface area contributed by atoms with Crippen LogP contribution in [0.3, 0.4) is 0 Å². The second-order valence-electron chi connectivity index (χ2n) is 4.99. The zero-order chi connectivity index (χ0) is 13.4. The summed E-state index contributed by atoms with van der Waals surface area (Å²) in [6.45, 7) is 1.86. The maximum atomic E-state index is 11.5. The number of carbonyl (C=O) groups excluding carboxylic acids is 1. The van der Waals surface area contributed by atoms with Crippen LogP contribution in [0, 0.1) is 5.92 Å². The van der Waals surface area contributed by atoms with Crippen molar-refractivity contribution in [2.24, 2.45) is 11.7 Å². The van der Waals surface area contributed by atoms with Crippen molar-refractivity contribution >= 4 is 11.9 Å². The molecule has 1 amide bonds. The normalized spacial score (nSPS) is 19.5. The molecule has 1 saturated heterocycles. The number of unbranched alkanes of at least 4 members (excludes halogenated alkanes) is 5. The molecule has 1 fully saturated rings. The van der Waals surface area contributed by atoms with Gasteiger partial charge in [0.2, 0.25) is 5.91 Å². The van der Waals surface area contributed by atoms with E-state index < -0.39 is 11.9 Å². The van der Waals surface area contributed by atoms with E-state index in [4.69, 9.17) is 10.8 Å². The third-order valence-electron chi connectivity index (χ3n) is 3.45. The van der Waals surface area contributed by atoms with Gasteiger partial charge in [-0.25, -0.2) is 0 Å². The van der Waals surface area contributed by atoms with Gasteiger partial charge >= 0.3 is 5.97 Å². The van der Waals surface area contributed by atoms with Crippen molar-refractivity contribution < 1.29 is 14.7 Å². The van der Waals surface area contributed by atoms with E-state index in [-0.39, 0.29) is 12.3 Å². The van der Waals surface area contributed by atoms with Gasteiger partial charge in [-0.2, -0.15) is 0 Å². The second kappa shape index (κ2) is 8.08. The average molecular weight is 256 g/mol. The summed E-state index contributed by atoms with van der Waals surface area (Å²) in [7, 11) is 0. The largest absolute Gasteiger partial charge is 0.481 e. The highest BCUT2D eigenvalue weighted by atomic mass is 16.4. The number of nitrogens with zero attached hydrogens (tertiary/aromatic N) is 1. The van der Waals surface area contributed by atoms with Crippen molar-refractivity contribution in [3.63, 3.8) is 0 Å². The fourth-order valence-corrected chi connectivity index (χ4v) is 2.31. The molecule has 1 heterocycles. The number of likely N-dealkylation sites (tertiary alicyclic amines) is 1. The molecule has 0 radical (unpaired) electrons. The number of hydrogen-bond donors (Lipinski definition) is 2. The summed E-state index contributed by atoms with van der Waals surface area (Å²) in [5, 5.41) is 8.85. The number of hydrogen-bond acceptors (Lipinski definition) is 3. The Morgan fingerprint density at radius 2 is 1.83 bits per heavy atom. The summed E-state index contributed by atoms with van der Waals surface area (Å²) in [5.41, 5.74) is 5.41. The number of amides is 1. The highest BCUT2D eigenvalue weighted by molar-refractivity contribution is 5.86. The second-order valence-corrected chi connectivity index (χ2v) is 4.99. The van der Waals surface area contributed by atoms with Gasteiger partial charge in [0.15, 0.2) is 0 Å². The lowest BCUT2D eigenvalue weighted by Crippen LogP contribution is -2.27. The lowest BCUT2D eigenvalue weighted by molar-refractivity contribution is -0.141. The molecular formula is C13H24N2O3. The van der Waals surface area contributed by atoms with Crippen molar-refractivity contribution in [1.82, 2.24) is 4.90 Å². The van der Waals surface area contributed by atoms with Crippen LogP contribution in [0.2, 0.25) is 0 Å². The van der Waals surface area contributed by atoms with Crippen LogP contribution in [0.15, 0.2) is 0 Å². The lowest BCUT2D eigenvalue weighted by Gasteiger charge is -2.15. The first kappa shape index (κ1) is 15.0. The van der Waals surface area contributed by atoms with E-state index in [0.29, 0.717) is 13.1 Å². The molecule has 0 aromatic carbocycles. The van der Waals surface area contributed by atoms with Gasteiger partial charge in [-0.1, -0.05) is 25.7 Å². The van der Waals surface area contributed by atoms with Crippen LogP contribution in [0.25, 0.3) is 0 Å². The Bertz CT molecular complexity index is 281. The summed E-state index contributed by atoms with van der Waals surface area (Å²) in [4.78, 5) is 24.0. The zero-order valence-corrected chi connectivity index (χ0v) is 10.9. The van der Waals surface area contributed by atoms with E-state index >= 15 is 0 Å². The number of carboxylic acids is 1. The summed E-state index contributed by atoms with van der Waals surface area (Å²) >= 11 is 0. The molecule has 0 saturated carbocycles. The van der Waals surface area contributed by atoms with Gasteiger partial charge in [-0.3, -0.25) is 9.59 Å². The minimum absolute atomic E-state index is 0.00877. The molecule has 0 aromatic rings. The van der Waals surface area contributed by atoms with Gasteiger partial charge in [0, 0.05) is 19.5 Å². The van der Waals surface area contributed by atoms with Gasteiger partial charge in [0.05, 0.1) is 5.92 Å². The van der Waals surface area contributed by atoms with Crippen LogP contribution in [-0.2, 0) is 9.59 Å². The maximum absolute atomic E-state index is 11.5. The molecular weight excluding hydrogens is 232 g/mol. The highest BCUT2D eigenvalue weighted by Crippen LogP contribution is 2.18. The van der Waals surface area contributed by atoms with E-state index in [1.807, 2.05) is 0 Å². The molecule has 1 aliphatic heterocycles. The fraction of sp³-hybridized carbons (Fsp3) is 0.846. The molecule has 1 rings (SSSR count). The molecule has 0 aromatic heterocycles. The molecule has 18 heavy (non-hydrogen) atoms. The Labute approximate surface area is 108 Å². The van der Waals surface area contributed by atoms with Crippen LogP contribution in [-0.4, -0.2) is 41.5 Å². The molecule has 0 aliphatic carbocycles. The monoisotopic (exact) mass is 256 g/mol. The summed E-state index contributed by atoms with van der Waals surface area (Å²) < 4.78 is 0. The van der Waals surface area contributed by atoms with Crippen LogP contribution in [0.5, 0.6) is 0 Å². The lowest BCUT2D eigenvalue weighted by atomic mass is 10.1. The molecule has 5 heteroatoms. The Morgan fingerprint density at radius 1 is 1.22 bits per heavy atom. The van der Waals surface area contributed by atoms with Crippen LogP contribution < -0.4 is 5.73 Å². The molecule has 1 aliphatic rings. The van der Waals surface area contributed by atoms with Gasteiger partial charge in [-0.15, -0.1) is 0 Å². The molecule has 104 valence electrons. The van der Waals surface area contributed by atoms with Crippen LogP contribution in [0.1, 0.15) is 44.9 Å². The Kier molecular flexibility index (Phi) is 6.72. The van der Waals surface area contributed by atoms with Crippen LogP contribution >= 0.6 is 0 Å². The molecule has 5 nitrogen and oxygen atoms in total. The topological polar surface area (TPSA) is 83.6 Å². The third kappa shape index (κ3) is 5.04. The van der Waals surface area contributed by atoms with Gasteiger partial charge in [0.25, 0.3) is 0 Å². The number of rotatable bonds is 9. The smallest absolute Gasteiger partial charge is 0.308 e. The molecule has 0 bridgehead atoms. The quantitative estimate of drug-likeness (QED) is 0.607. The minimum atomic E-state index is -0.854. The van der Waals surface area contributed by atoms with E-state index in [0.717, 1.165) is 25.8 Å². The summed E-state index contributed by atoms with van der Waals surface area (Å²) in [5.74, 6) is -1.36. The average Bonchev–Trinajstić information content (AvgIpc) is 2.70. The van der Waals surface area contributed by atoms with Gasteiger partial charge in [-0.05, 0) is 19.4 Å². The number of carbonyl (C=O) groups is 2. The minimum Gasteiger partial charge on any atom is -0.481 e. The highest BCUT2D eigenvalue weighted by Gasteiger charge is 2.33. The van der Waals surface area contributed by atoms with E-state index in [1.165, 1.54) is 19.3 Å². The van der Waals surface area contributed by atoms with Gasteiger partial charge in [0.1, 0.15) is 0 Å². The van der Waals surface area contributed by atoms with Gasteiger partial charge < -0.3 is 15.7 Å². The summed E-state index contributed by atoms with van der Waals surface area (Å²) in [6, 6.07) is 0. The maximum Gasteiger partial charge on any atom is 0.308 e. The SMILES string of the molecule is NCCCCCCCCN1CC(C(=O)O)CC1=O. The number of carboxylic acid groups (broad SMARTS) is 1. The van der Waals surface area contributed by atoms with Crippen molar-refractivity contribution in [3.05, 3.63) is 0 Å². The van der Waals surface area contributed by atoms with Crippen molar-refractivity contribution in [1.29, 1.82) is 0 Å². The summed E-state index contributed by atoms with van der Waals surface area (Å²) in [6.07, 6.45) is 6.89. The van der Waals surface area contributed by atoms with Crippen LogP contribution in [0.4, 0.5) is 0 Å². The number of aliphatic carboxylic acids is 1. The van der Waals surface area contributed by atoms with Crippen molar-refractivity contribution in [3.8, 4) is 0 Å². The number of nitrogens with two attached hydrogens (primary N) is 1. The van der Waals surface area contributed by atoms with Crippen molar-refractivity contribution in [2.75, 3.05) is 19.6 Å². The zero-order valence-electron chi connectivity index (χ0n) is 10.9. The predicted octanol–water partition coefficient (Wildman–Crippen LogP) is 1.22. The van der Waals surface area contributed by atoms with E-state index in [2.05, 4.69) is 0 Å². The molecule has 1 atom stereocenters. The first-order valence-corrected chi connectivity index (χ1v) is 6.85.